The number of halogens is 2. The molecule has 3 rings (SSSR count). The number of hydrogen-bond donors (Lipinski definition) is 0. The monoisotopic (exact) mass is 435 g/mol. The SMILES string of the molecule is CCO/N=C(/C)c1ccc(OCc2c(Cl)cccc2-n2nnn(C)c2=O)c(Cl)c1. The number of rotatable bonds is 7. The van der Waals surface area contributed by atoms with E-state index in [0.29, 0.717) is 39.4 Å². The van der Waals surface area contributed by atoms with Crippen LogP contribution in [0.25, 0.3) is 5.69 Å². The van der Waals surface area contributed by atoms with Crippen molar-refractivity contribution in [3.8, 4) is 11.4 Å². The molecule has 0 radical (unpaired) electrons. The highest BCUT2D eigenvalue weighted by atomic mass is 35.5. The van der Waals surface area contributed by atoms with E-state index >= 15 is 0 Å². The molecular formula is C19H19Cl2N5O3. The number of ether oxygens (including phenoxy) is 1. The molecule has 0 bridgehead atoms. The third-order valence-electron chi connectivity index (χ3n) is 4.10. The van der Waals surface area contributed by atoms with E-state index in [0.717, 1.165) is 10.2 Å². The zero-order valence-corrected chi connectivity index (χ0v) is 17.6. The zero-order chi connectivity index (χ0) is 21.0. The first-order valence-electron chi connectivity index (χ1n) is 8.78. The Bertz CT molecular complexity index is 1110. The van der Waals surface area contributed by atoms with Crippen molar-refractivity contribution in [1.82, 2.24) is 19.8 Å². The van der Waals surface area contributed by atoms with Gasteiger partial charge in [-0.25, -0.2) is 4.79 Å². The fourth-order valence-electron chi connectivity index (χ4n) is 2.56. The van der Waals surface area contributed by atoms with Gasteiger partial charge in [-0.1, -0.05) is 34.4 Å². The zero-order valence-electron chi connectivity index (χ0n) is 16.1. The number of aryl methyl sites for hydroxylation is 1. The number of tetrazole rings is 1. The van der Waals surface area contributed by atoms with Gasteiger partial charge in [0.05, 0.1) is 16.4 Å². The Morgan fingerprint density at radius 2 is 1.97 bits per heavy atom. The van der Waals surface area contributed by atoms with E-state index in [1.165, 1.54) is 11.7 Å². The Morgan fingerprint density at radius 1 is 1.17 bits per heavy atom. The Morgan fingerprint density at radius 3 is 2.62 bits per heavy atom. The maximum atomic E-state index is 12.2. The minimum atomic E-state index is -0.389. The molecule has 1 aromatic heterocycles. The lowest BCUT2D eigenvalue weighted by Gasteiger charge is -2.13. The first-order chi connectivity index (χ1) is 13.9. The second-order valence-corrected chi connectivity index (χ2v) is 6.88. The molecular weight excluding hydrogens is 417 g/mol. The van der Waals surface area contributed by atoms with Crippen molar-refractivity contribution in [3.05, 3.63) is 68.1 Å². The van der Waals surface area contributed by atoms with Crippen LogP contribution in [-0.4, -0.2) is 32.1 Å². The summed E-state index contributed by atoms with van der Waals surface area (Å²) in [6.45, 7) is 4.26. The smallest absolute Gasteiger partial charge is 0.368 e. The number of aromatic nitrogens is 4. The van der Waals surface area contributed by atoms with Gasteiger partial charge in [-0.05, 0) is 54.6 Å². The summed E-state index contributed by atoms with van der Waals surface area (Å²) in [6, 6.07) is 10.5. The minimum absolute atomic E-state index is 0.0864. The highest BCUT2D eigenvalue weighted by Gasteiger charge is 2.15. The predicted molar refractivity (Wildman–Crippen MR) is 111 cm³/mol. The number of benzene rings is 2. The van der Waals surface area contributed by atoms with Gasteiger partial charge in [0.1, 0.15) is 19.0 Å². The third-order valence-corrected chi connectivity index (χ3v) is 4.75. The van der Waals surface area contributed by atoms with Crippen molar-refractivity contribution in [2.75, 3.05) is 6.61 Å². The van der Waals surface area contributed by atoms with Crippen LogP contribution in [0.3, 0.4) is 0 Å². The Hall–Kier alpha value is -2.84. The van der Waals surface area contributed by atoms with Gasteiger partial charge < -0.3 is 9.57 Å². The van der Waals surface area contributed by atoms with Crippen molar-refractivity contribution in [1.29, 1.82) is 0 Å². The number of oxime groups is 1. The van der Waals surface area contributed by atoms with Crippen LogP contribution < -0.4 is 10.4 Å². The lowest BCUT2D eigenvalue weighted by molar-refractivity contribution is 0.159. The van der Waals surface area contributed by atoms with E-state index in [1.807, 2.05) is 19.9 Å². The van der Waals surface area contributed by atoms with Crippen LogP contribution in [0.15, 0.2) is 46.3 Å². The Kier molecular flexibility index (Phi) is 6.56. The summed E-state index contributed by atoms with van der Waals surface area (Å²) in [7, 11) is 1.52. The van der Waals surface area contributed by atoms with Crippen LogP contribution in [-0.2, 0) is 18.5 Å². The van der Waals surface area contributed by atoms with E-state index in [9.17, 15) is 4.79 Å². The molecule has 0 aliphatic rings. The molecule has 1 heterocycles. The molecule has 10 heteroatoms. The number of nitrogens with zero attached hydrogens (tertiary/aromatic N) is 5. The molecule has 0 N–H and O–H groups in total. The molecule has 0 unspecified atom stereocenters. The summed E-state index contributed by atoms with van der Waals surface area (Å²) in [6.07, 6.45) is 0. The van der Waals surface area contributed by atoms with Crippen LogP contribution in [0.2, 0.25) is 10.0 Å². The average Bonchev–Trinajstić information content (AvgIpc) is 3.04. The molecule has 0 saturated carbocycles. The van der Waals surface area contributed by atoms with E-state index in [1.54, 1.807) is 30.3 Å². The standard InChI is InChI=1S/C19H19Cl2N5O3/c1-4-29-22-12(2)13-8-9-18(16(21)10-13)28-11-14-15(20)6-5-7-17(14)26-19(27)25(3)23-24-26/h5-10H,4,11H2,1-3H3/b22-12-. The van der Waals surface area contributed by atoms with Crippen molar-refractivity contribution >= 4 is 28.9 Å². The van der Waals surface area contributed by atoms with E-state index in [2.05, 4.69) is 15.6 Å². The molecule has 8 nitrogen and oxygen atoms in total. The average molecular weight is 436 g/mol. The van der Waals surface area contributed by atoms with Crippen molar-refractivity contribution < 1.29 is 9.57 Å². The Balaban J connectivity index is 1.86. The van der Waals surface area contributed by atoms with Gasteiger partial charge in [0.25, 0.3) is 0 Å². The highest BCUT2D eigenvalue weighted by molar-refractivity contribution is 6.32. The summed E-state index contributed by atoms with van der Waals surface area (Å²) in [5, 5.41) is 12.5. The molecule has 2 aromatic carbocycles. The van der Waals surface area contributed by atoms with E-state index < -0.39 is 0 Å². The molecule has 152 valence electrons. The van der Waals surface area contributed by atoms with Gasteiger partial charge in [-0.3, -0.25) is 0 Å². The summed E-state index contributed by atoms with van der Waals surface area (Å²) < 4.78 is 8.17. The molecule has 0 spiro atoms. The largest absolute Gasteiger partial charge is 0.487 e. The second-order valence-electron chi connectivity index (χ2n) is 6.06. The Labute approximate surface area is 177 Å². The van der Waals surface area contributed by atoms with Gasteiger partial charge in [0, 0.05) is 23.2 Å². The van der Waals surface area contributed by atoms with Gasteiger partial charge in [-0.2, -0.15) is 9.36 Å². The predicted octanol–water partition coefficient (Wildman–Crippen LogP) is 3.61. The fourth-order valence-corrected chi connectivity index (χ4v) is 3.02. The maximum absolute atomic E-state index is 12.2. The lowest BCUT2D eigenvalue weighted by atomic mass is 10.1. The van der Waals surface area contributed by atoms with Crippen LogP contribution in [0, 0.1) is 0 Å². The summed E-state index contributed by atoms with van der Waals surface area (Å²) >= 11 is 12.7. The van der Waals surface area contributed by atoms with Gasteiger partial charge in [0.15, 0.2) is 0 Å². The molecule has 0 aliphatic heterocycles. The van der Waals surface area contributed by atoms with Gasteiger partial charge in [0.2, 0.25) is 0 Å². The van der Waals surface area contributed by atoms with E-state index in [-0.39, 0.29) is 12.3 Å². The molecule has 0 saturated heterocycles. The molecule has 0 fully saturated rings. The number of hydrogen-bond acceptors (Lipinski definition) is 6. The third kappa shape index (κ3) is 4.60. The normalized spacial score (nSPS) is 11.6. The lowest BCUT2D eigenvalue weighted by Crippen LogP contribution is -2.23. The topological polar surface area (TPSA) is 83.5 Å². The van der Waals surface area contributed by atoms with Gasteiger partial charge in [-0.15, -0.1) is 0 Å². The summed E-state index contributed by atoms with van der Waals surface area (Å²) in [5.41, 5.74) is 2.21. The highest BCUT2D eigenvalue weighted by Crippen LogP contribution is 2.29. The molecule has 29 heavy (non-hydrogen) atoms. The maximum Gasteiger partial charge on any atom is 0.368 e. The van der Waals surface area contributed by atoms with Crippen LogP contribution in [0.4, 0.5) is 0 Å². The van der Waals surface area contributed by atoms with Crippen LogP contribution in [0.1, 0.15) is 25.0 Å². The first kappa shape index (κ1) is 20.9. The fraction of sp³-hybridized carbons (Fsp3) is 0.263. The van der Waals surface area contributed by atoms with E-state index in [4.69, 9.17) is 32.8 Å². The molecule has 0 aliphatic carbocycles. The van der Waals surface area contributed by atoms with Crippen LogP contribution >= 0.6 is 23.2 Å². The molecule has 0 atom stereocenters. The van der Waals surface area contributed by atoms with Gasteiger partial charge >= 0.3 is 5.69 Å². The molecule has 3 aromatic rings. The minimum Gasteiger partial charge on any atom is -0.487 e. The first-order valence-corrected chi connectivity index (χ1v) is 9.54. The summed E-state index contributed by atoms with van der Waals surface area (Å²) in [4.78, 5) is 17.3. The molecule has 0 amide bonds. The quantitative estimate of drug-likeness (QED) is 0.418. The van der Waals surface area contributed by atoms with Crippen molar-refractivity contribution in [2.45, 2.75) is 20.5 Å². The summed E-state index contributed by atoms with van der Waals surface area (Å²) in [5.74, 6) is 0.469. The van der Waals surface area contributed by atoms with Crippen LogP contribution in [0.5, 0.6) is 5.75 Å². The van der Waals surface area contributed by atoms with Crippen molar-refractivity contribution in [2.24, 2.45) is 12.2 Å². The van der Waals surface area contributed by atoms with Crippen molar-refractivity contribution in [3.63, 3.8) is 0 Å². The second kappa shape index (κ2) is 9.11.